The number of ketones is 1. The van der Waals surface area contributed by atoms with Gasteiger partial charge in [0.2, 0.25) is 5.78 Å². The van der Waals surface area contributed by atoms with Crippen LogP contribution in [-0.4, -0.2) is 40.5 Å². The SMILES string of the molecule is C/C1=C/[C@H]2OC(=O)[C@@]3(C)C2[C@H](C[C@@]2(C)OC1=CC2=O)O[C@]3(O)C(C)C. The van der Waals surface area contributed by atoms with Crippen LogP contribution in [0.5, 0.6) is 0 Å². The number of rotatable bonds is 1. The molecular formula is C19H24O6. The van der Waals surface area contributed by atoms with E-state index in [-0.39, 0.29) is 24.0 Å². The second-order valence-electron chi connectivity index (χ2n) is 8.37. The maximum Gasteiger partial charge on any atom is 0.318 e. The summed E-state index contributed by atoms with van der Waals surface area (Å²) >= 11 is 0. The van der Waals surface area contributed by atoms with Gasteiger partial charge in [-0.15, -0.1) is 0 Å². The molecule has 4 rings (SSSR count). The van der Waals surface area contributed by atoms with E-state index >= 15 is 0 Å². The van der Waals surface area contributed by atoms with E-state index in [0.29, 0.717) is 5.76 Å². The van der Waals surface area contributed by atoms with Gasteiger partial charge in [-0.25, -0.2) is 0 Å². The molecule has 1 unspecified atom stereocenters. The molecule has 4 heterocycles. The van der Waals surface area contributed by atoms with Gasteiger partial charge in [0.05, 0.1) is 6.10 Å². The molecule has 0 aromatic rings. The van der Waals surface area contributed by atoms with Crippen LogP contribution < -0.4 is 0 Å². The molecule has 0 aromatic heterocycles. The lowest BCUT2D eigenvalue weighted by Gasteiger charge is -2.37. The molecule has 2 bridgehead atoms. The van der Waals surface area contributed by atoms with Gasteiger partial charge in [-0.3, -0.25) is 9.59 Å². The van der Waals surface area contributed by atoms with Crippen LogP contribution in [0.1, 0.15) is 41.0 Å². The van der Waals surface area contributed by atoms with Crippen molar-refractivity contribution in [3.05, 3.63) is 23.5 Å². The Morgan fingerprint density at radius 2 is 1.96 bits per heavy atom. The van der Waals surface area contributed by atoms with Crippen molar-refractivity contribution in [3.8, 4) is 0 Å². The molecule has 25 heavy (non-hydrogen) atoms. The second-order valence-corrected chi connectivity index (χ2v) is 8.37. The summed E-state index contributed by atoms with van der Waals surface area (Å²) in [5.74, 6) is -2.41. The number of aliphatic hydroxyl groups is 1. The molecule has 6 atom stereocenters. The van der Waals surface area contributed by atoms with Crippen molar-refractivity contribution in [1.82, 2.24) is 0 Å². The van der Waals surface area contributed by atoms with Crippen LogP contribution in [0.15, 0.2) is 23.5 Å². The average molecular weight is 348 g/mol. The summed E-state index contributed by atoms with van der Waals surface area (Å²) in [6, 6.07) is 0. The molecule has 0 radical (unpaired) electrons. The average Bonchev–Trinajstić information content (AvgIpc) is 3.03. The van der Waals surface area contributed by atoms with Crippen LogP contribution in [0.2, 0.25) is 0 Å². The van der Waals surface area contributed by atoms with Gasteiger partial charge in [0.25, 0.3) is 0 Å². The smallest absolute Gasteiger partial charge is 0.318 e. The van der Waals surface area contributed by atoms with E-state index < -0.39 is 35.0 Å². The first-order valence-corrected chi connectivity index (χ1v) is 8.78. The first-order chi connectivity index (χ1) is 11.5. The topological polar surface area (TPSA) is 82.1 Å². The third kappa shape index (κ3) is 1.87. The van der Waals surface area contributed by atoms with E-state index in [0.717, 1.165) is 5.57 Å². The van der Waals surface area contributed by atoms with E-state index in [1.807, 2.05) is 26.8 Å². The lowest BCUT2D eigenvalue weighted by Crippen LogP contribution is -2.52. The van der Waals surface area contributed by atoms with Crippen LogP contribution in [-0.2, 0) is 23.8 Å². The summed E-state index contributed by atoms with van der Waals surface area (Å²) in [6.07, 6.45) is 2.52. The number of hydrogen-bond acceptors (Lipinski definition) is 6. The number of esters is 1. The lowest BCUT2D eigenvalue weighted by molar-refractivity contribution is -0.264. The van der Waals surface area contributed by atoms with Crippen molar-refractivity contribution < 1.29 is 28.9 Å². The van der Waals surface area contributed by atoms with Gasteiger partial charge in [-0.2, -0.15) is 0 Å². The fourth-order valence-electron chi connectivity index (χ4n) is 4.86. The molecule has 6 heteroatoms. The maximum absolute atomic E-state index is 12.8. The van der Waals surface area contributed by atoms with Gasteiger partial charge in [0, 0.05) is 24.3 Å². The molecule has 2 saturated heterocycles. The number of hydrogen-bond donors (Lipinski definition) is 1. The Morgan fingerprint density at radius 1 is 1.28 bits per heavy atom. The predicted octanol–water partition coefficient (Wildman–Crippen LogP) is 1.87. The summed E-state index contributed by atoms with van der Waals surface area (Å²) < 4.78 is 17.7. The zero-order valence-corrected chi connectivity index (χ0v) is 15.2. The first kappa shape index (κ1) is 16.8. The van der Waals surface area contributed by atoms with Crippen molar-refractivity contribution in [3.63, 3.8) is 0 Å². The van der Waals surface area contributed by atoms with Crippen LogP contribution in [0.3, 0.4) is 0 Å². The Balaban J connectivity index is 1.89. The molecule has 1 N–H and O–H groups in total. The number of fused-ring (bicyclic) bond motifs is 2. The Hall–Kier alpha value is -1.66. The van der Waals surface area contributed by atoms with Gasteiger partial charge in [-0.05, 0) is 32.4 Å². The number of ether oxygens (including phenoxy) is 3. The molecule has 2 fully saturated rings. The van der Waals surface area contributed by atoms with Crippen LogP contribution >= 0.6 is 0 Å². The highest BCUT2D eigenvalue weighted by molar-refractivity contribution is 6.00. The number of allylic oxidation sites excluding steroid dienone is 1. The minimum Gasteiger partial charge on any atom is -0.479 e. The summed E-state index contributed by atoms with van der Waals surface area (Å²) in [6.45, 7) is 8.91. The predicted molar refractivity (Wildman–Crippen MR) is 87.1 cm³/mol. The highest BCUT2D eigenvalue weighted by atomic mass is 16.7. The molecule has 0 saturated carbocycles. The highest BCUT2D eigenvalue weighted by Gasteiger charge is 2.74. The fraction of sp³-hybridized carbons (Fsp3) is 0.684. The Morgan fingerprint density at radius 3 is 2.60 bits per heavy atom. The highest BCUT2D eigenvalue weighted by Crippen LogP contribution is 2.60. The van der Waals surface area contributed by atoms with Crippen molar-refractivity contribution in [2.45, 2.75) is 64.6 Å². The summed E-state index contributed by atoms with van der Waals surface area (Å²) in [5, 5.41) is 11.3. The van der Waals surface area contributed by atoms with E-state index in [4.69, 9.17) is 14.2 Å². The molecule has 0 aromatic carbocycles. The third-order valence-corrected chi connectivity index (χ3v) is 6.46. The standard InChI is InChI=1S/C19H24O6/c1-9(2)19(22)18(5)15-12(23-16(18)21)6-10(3)11-7-14(20)17(4,24-11)8-13(15)25-19/h6-7,9,12-13,15,22H,8H2,1-5H3/b10-6-/t12-,13+,15?,17-,18-,19-/m1/s1. The summed E-state index contributed by atoms with van der Waals surface area (Å²) in [4.78, 5) is 25.3. The molecule has 4 aliphatic rings. The van der Waals surface area contributed by atoms with Gasteiger partial charge in [0.1, 0.15) is 17.3 Å². The zero-order valence-electron chi connectivity index (χ0n) is 15.2. The molecular weight excluding hydrogens is 324 g/mol. The third-order valence-electron chi connectivity index (χ3n) is 6.46. The van der Waals surface area contributed by atoms with Crippen LogP contribution in [0.4, 0.5) is 0 Å². The van der Waals surface area contributed by atoms with Crippen molar-refractivity contribution in [1.29, 1.82) is 0 Å². The quantitative estimate of drug-likeness (QED) is 0.729. The first-order valence-electron chi connectivity index (χ1n) is 8.78. The van der Waals surface area contributed by atoms with Gasteiger partial charge in [-0.1, -0.05) is 13.8 Å². The zero-order chi connectivity index (χ0) is 18.4. The minimum atomic E-state index is -1.65. The molecule has 0 aliphatic carbocycles. The number of carbonyl (C=O) groups excluding carboxylic acids is 2. The second kappa shape index (κ2) is 4.74. The van der Waals surface area contributed by atoms with Gasteiger partial charge >= 0.3 is 5.97 Å². The van der Waals surface area contributed by atoms with E-state index in [1.165, 1.54) is 6.08 Å². The van der Waals surface area contributed by atoms with Crippen molar-refractivity contribution >= 4 is 11.8 Å². The fourth-order valence-corrected chi connectivity index (χ4v) is 4.86. The van der Waals surface area contributed by atoms with E-state index in [9.17, 15) is 14.7 Å². The molecule has 6 nitrogen and oxygen atoms in total. The summed E-state index contributed by atoms with van der Waals surface area (Å²) in [7, 11) is 0. The molecule has 4 aliphatic heterocycles. The monoisotopic (exact) mass is 348 g/mol. The van der Waals surface area contributed by atoms with Crippen LogP contribution in [0.25, 0.3) is 0 Å². The molecule has 136 valence electrons. The van der Waals surface area contributed by atoms with E-state index in [2.05, 4.69) is 0 Å². The maximum atomic E-state index is 12.8. The minimum absolute atomic E-state index is 0.121. The molecule has 0 spiro atoms. The largest absolute Gasteiger partial charge is 0.479 e. The van der Waals surface area contributed by atoms with Crippen molar-refractivity contribution in [2.75, 3.05) is 0 Å². The van der Waals surface area contributed by atoms with E-state index in [1.54, 1.807) is 13.8 Å². The lowest BCUT2D eigenvalue weighted by atomic mass is 9.66. The van der Waals surface area contributed by atoms with Crippen LogP contribution in [0, 0.1) is 17.3 Å². The normalized spacial score (nSPS) is 50.3. The van der Waals surface area contributed by atoms with Gasteiger partial charge < -0.3 is 19.3 Å². The van der Waals surface area contributed by atoms with Crippen molar-refractivity contribution in [2.24, 2.45) is 17.3 Å². The Kier molecular flexibility index (Phi) is 3.18. The Labute approximate surface area is 146 Å². The van der Waals surface area contributed by atoms with Gasteiger partial charge in [0.15, 0.2) is 11.4 Å². The summed E-state index contributed by atoms with van der Waals surface area (Å²) in [5.41, 5.74) is -1.50. The molecule has 0 amide bonds. The Bertz CT molecular complexity index is 736. The number of carbonyl (C=O) groups is 2.